The van der Waals surface area contributed by atoms with Gasteiger partial charge in [-0.3, -0.25) is 0 Å². The first-order chi connectivity index (χ1) is 21.6. The van der Waals surface area contributed by atoms with E-state index >= 15 is 0 Å². The van der Waals surface area contributed by atoms with Gasteiger partial charge in [0.25, 0.3) is 0 Å². The number of benzene rings is 4. The molecule has 239 valence electrons. The summed E-state index contributed by atoms with van der Waals surface area (Å²) in [6.07, 6.45) is 6.58. The van der Waals surface area contributed by atoms with Gasteiger partial charge in [-0.05, 0) is 0 Å². The summed E-state index contributed by atoms with van der Waals surface area (Å²) >= 11 is -5.52. The number of fused-ring (bicyclic) bond motifs is 2. The number of halogens is 2. The van der Waals surface area contributed by atoms with Crippen molar-refractivity contribution in [2.75, 3.05) is 0 Å². The van der Waals surface area contributed by atoms with Crippen LogP contribution in [0.3, 0.4) is 0 Å². The quantitative estimate of drug-likeness (QED) is 0.165. The molecular weight excluding hydrogens is 695 g/mol. The van der Waals surface area contributed by atoms with E-state index in [0.717, 1.165) is 12.8 Å². The van der Waals surface area contributed by atoms with Crippen molar-refractivity contribution in [2.45, 2.75) is 73.7 Å². The van der Waals surface area contributed by atoms with Crippen LogP contribution in [0.25, 0.3) is 12.2 Å². The molecule has 4 aromatic carbocycles. The number of rotatable bonds is 7. The Balaban J connectivity index is 1.87. The van der Waals surface area contributed by atoms with Crippen molar-refractivity contribution in [3.63, 3.8) is 0 Å². The molecule has 2 aliphatic rings. The van der Waals surface area contributed by atoms with Crippen molar-refractivity contribution in [2.24, 2.45) is 10.8 Å². The van der Waals surface area contributed by atoms with Crippen LogP contribution in [0.5, 0.6) is 0 Å². The Kier molecular flexibility index (Phi) is 8.54. The Morgan fingerprint density at radius 1 is 0.522 bits per heavy atom. The Hall–Kier alpha value is -1.96. The third-order valence-corrected chi connectivity index (χ3v) is 68.3. The zero-order valence-electron chi connectivity index (χ0n) is 28.8. The van der Waals surface area contributed by atoms with Crippen molar-refractivity contribution in [3.8, 4) is 0 Å². The van der Waals surface area contributed by atoms with Crippen LogP contribution in [0.2, 0.25) is 13.1 Å². The van der Waals surface area contributed by atoms with E-state index in [9.17, 15) is 17.0 Å². The van der Waals surface area contributed by atoms with Crippen LogP contribution in [0.1, 0.15) is 74.9 Å². The first kappa shape index (κ1) is 33.9. The molecule has 0 spiro atoms. The molecule has 2 unspecified atom stereocenters. The standard InChI is InChI=1S/2C20H21.C2H7Si.2ClH.Zr/c2*1-20(2,3)19-14-16-11-7-8-12-17(16)18(19)13-15-9-5-4-6-10-15;1-3-2;;;/h2*4-12,14H,13H2,1-3H3;3H,1-2H3;2*1H;/q;;;;;+2/p-2. The van der Waals surface area contributed by atoms with Gasteiger partial charge in [0, 0.05) is 0 Å². The van der Waals surface area contributed by atoms with Crippen molar-refractivity contribution in [3.05, 3.63) is 154 Å². The summed E-state index contributed by atoms with van der Waals surface area (Å²) in [5.74, 6) is -1.92. The zero-order chi connectivity index (χ0) is 33.2. The molecule has 0 saturated carbocycles. The Labute approximate surface area is 286 Å². The Morgan fingerprint density at radius 2 is 0.848 bits per heavy atom. The molecule has 0 amide bonds. The second-order valence-electron chi connectivity index (χ2n) is 16.2. The molecule has 0 heterocycles. The van der Waals surface area contributed by atoms with E-state index in [0.29, 0.717) is 0 Å². The van der Waals surface area contributed by atoms with Crippen LogP contribution in [-0.4, -0.2) is 5.92 Å². The minimum atomic E-state index is -5.52. The molecule has 0 N–H and O–H groups in total. The average Bonchev–Trinajstić information content (AvgIpc) is 3.54. The van der Waals surface area contributed by atoms with E-state index in [2.05, 4.69) is 176 Å². The van der Waals surface area contributed by atoms with E-state index in [1.807, 2.05) is 0 Å². The van der Waals surface area contributed by atoms with E-state index in [4.69, 9.17) is 0 Å². The fourth-order valence-corrected chi connectivity index (χ4v) is 49.8. The van der Waals surface area contributed by atoms with Crippen LogP contribution in [-0.2, 0) is 34.6 Å². The molecule has 6 rings (SSSR count). The minimum absolute atomic E-state index is 0.159. The van der Waals surface area contributed by atoms with Gasteiger partial charge >= 0.3 is 289 Å². The summed E-state index contributed by atoms with van der Waals surface area (Å²) in [7, 11) is 18.7. The molecule has 0 radical (unpaired) electrons. The molecule has 4 aromatic rings. The average molecular weight is 744 g/mol. The van der Waals surface area contributed by atoms with Crippen molar-refractivity contribution >= 4 is 35.1 Å². The molecule has 0 aromatic heterocycles. The van der Waals surface area contributed by atoms with E-state index in [1.54, 1.807) is 0 Å². The predicted octanol–water partition coefficient (Wildman–Crippen LogP) is 12.1. The van der Waals surface area contributed by atoms with Crippen LogP contribution >= 0.6 is 17.0 Å². The summed E-state index contributed by atoms with van der Waals surface area (Å²) in [6.45, 7) is 19.3. The maximum atomic E-state index is 9.37. The topological polar surface area (TPSA) is 0 Å². The Bertz CT molecular complexity index is 1700. The van der Waals surface area contributed by atoms with E-state index in [1.165, 1.54) is 44.5 Å². The number of hydrogen-bond donors (Lipinski definition) is 0. The number of allylic oxidation sites excluding steroid dienone is 2. The summed E-state index contributed by atoms with van der Waals surface area (Å²) in [4.78, 5) is 0. The molecule has 4 heteroatoms. The van der Waals surface area contributed by atoms with Gasteiger partial charge < -0.3 is 0 Å². The monoisotopic (exact) mass is 741 g/mol. The van der Waals surface area contributed by atoms with Gasteiger partial charge in [0.2, 0.25) is 0 Å². The van der Waals surface area contributed by atoms with Crippen LogP contribution in [0, 0.1) is 10.8 Å². The normalized spacial score (nSPS) is 22.1. The van der Waals surface area contributed by atoms with Gasteiger partial charge in [0.15, 0.2) is 0 Å². The second-order valence-corrected chi connectivity index (χ2v) is 58.1. The van der Waals surface area contributed by atoms with E-state index in [-0.39, 0.29) is 10.8 Å². The second kappa shape index (κ2) is 11.6. The molecule has 46 heavy (non-hydrogen) atoms. The van der Waals surface area contributed by atoms with Crippen molar-refractivity contribution in [1.82, 2.24) is 0 Å². The first-order valence-corrected chi connectivity index (χ1v) is 32.8. The Morgan fingerprint density at radius 3 is 1.17 bits per heavy atom. The third-order valence-electron chi connectivity index (χ3n) is 11.2. The predicted molar refractivity (Wildman–Crippen MR) is 202 cm³/mol. The van der Waals surface area contributed by atoms with Crippen LogP contribution in [0.4, 0.5) is 0 Å². The van der Waals surface area contributed by atoms with Gasteiger partial charge in [0.1, 0.15) is 0 Å². The molecule has 0 fully saturated rings. The van der Waals surface area contributed by atoms with Gasteiger partial charge in [-0.1, -0.05) is 0 Å². The van der Waals surface area contributed by atoms with E-state index < -0.39 is 27.7 Å². The fraction of sp³-hybridized carbons (Fsp3) is 0.333. The molecule has 0 bridgehead atoms. The molecular formula is C42H49Cl2SiZr. The molecule has 2 aliphatic carbocycles. The third kappa shape index (κ3) is 4.75. The summed E-state index contributed by atoms with van der Waals surface area (Å²) in [6, 6.07) is 40.3. The first-order valence-electron chi connectivity index (χ1n) is 16.9. The summed E-state index contributed by atoms with van der Waals surface area (Å²) < 4.78 is -1.06. The summed E-state index contributed by atoms with van der Waals surface area (Å²) in [5, 5.41) is 0. The van der Waals surface area contributed by atoms with Crippen LogP contribution < -0.4 is 0 Å². The molecule has 2 atom stereocenters. The molecule has 0 saturated heterocycles. The molecule has 0 nitrogen and oxygen atoms in total. The zero-order valence-corrected chi connectivity index (χ0v) is 33.9. The van der Waals surface area contributed by atoms with Gasteiger partial charge in [-0.15, -0.1) is 0 Å². The van der Waals surface area contributed by atoms with Crippen LogP contribution in [0.15, 0.2) is 120 Å². The SMILES string of the molecule is C[SiH](C)[Zr]([Cl])([Cl])([C]1(Cc2ccccc2)C(C(C)(C)C)=Cc2ccccc21)[C]1(Cc2ccccc2)C(C(C)(C)C)=Cc2ccccc21. The van der Waals surface area contributed by atoms with Gasteiger partial charge in [-0.25, -0.2) is 0 Å². The van der Waals surface area contributed by atoms with Crippen molar-refractivity contribution in [1.29, 1.82) is 0 Å². The summed E-state index contributed by atoms with van der Waals surface area (Å²) in [5.41, 5.74) is 10.3. The van der Waals surface area contributed by atoms with Gasteiger partial charge in [0.05, 0.1) is 0 Å². The maximum absolute atomic E-state index is 9.37. The number of hydrogen-bond acceptors (Lipinski definition) is 0. The fourth-order valence-electron chi connectivity index (χ4n) is 9.43. The van der Waals surface area contributed by atoms with Gasteiger partial charge in [-0.2, -0.15) is 0 Å². The molecule has 0 aliphatic heterocycles. The van der Waals surface area contributed by atoms with Crippen molar-refractivity contribution < 1.29 is 15.6 Å².